The number of anilines is 1. The molecule has 0 unspecified atom stereocenters. The van der Waals surface area contributed by atoms with Gasteiger partial charge in [0.05, 0.1) is 5.69 Å². The molecule has 2 saturated carbocycles. The predicted molar refractivity (Wildman–Crippen MR) is 118 cm³/mol. The zero-order valence-corrected chi connectivity index (χ0v) is 18.1. The van der Waals surface area contributed by atoms with Crippen molar-refractivity contribution in [3.63, 3.8) is 0 Å². The van der Waals surface area contributed by atoms with E-state index >= 15 is 0 Å². The van der Waals surface area contributed by atoms with Crippen molar-refractivity contribution in [3.8, 4) is 0 Å². The van der Waals surface area contributed by atoms with Crippen LogP contribution in [0.25, 0.3) is 10.2 Å². The van der Waals surface area contributed by atoms with E-state index < -0.39 is 0 Å². The van der Waals surface area contributed by atoms with Crippen LogP contribution in [0.4, 0.5) is 5.69 Å². The number of pyridine rings is 1. The van der Waals surface area contributed by atoms with Gasteiger partial charge in [0.25, 0.3) is 5.91 Å². The molecule has 2 aliphatic rings. The maximum absolute atomic E-state index is 13.8. The summed E-state index contributed by atoms with van der Waals surface area (Å²) in [7, 11) is 0. The van der Waals surface area contributed by atoms with Crippen LogP contribution in [0.3, 0.4) is 0 Å². The van der Waals surface area contributed by atoms with Crippen molar-refractivity contribution in [3.05, 3.63) is 22.7 Å². The number of rotatable bonds is 4. The van der Waals surface area contributed by atoms with E-state index in [9.17, 15) is 4.79 Å². The minimum atomic E-state index is 0.158. The third kappa shape index (κ3) is 3.78. The average Bonchev–Trinajstić information content (AvgIpc) is 3.06. The molecule has 4 rings (SSSR count). The first-order valence-electron chi connectivity index (χ1n) is 11.1. The lowest BCUT2D eigenvalue weighted by molar-refractivity contribution is 0.0454. The van der Waals surface area contributed by atoms with Gasteiger partial charge in [-0.15, -0.1) is 11.3 Å². The fourth-order valence-corrected chi connectivity index (χ4v) is 6.00. The number of nitrogen functional groups attached to an aromatic ring is 1. The molecule has 2 heterocycles. The molecule has 152 valence electrons. The van der Waals surface area contributed by atoms with Gasteiger partial charge in [-0.05, 0) is 43.7 Å². The van der Waals surface area contributed by atoms with Crippen molar-refractivity contribution in [2.24, 2.45) is 0 Å². The Morgan fingerprint density at radius 2 is 1.61 bits per heavy atom. The van der Waals surface area contributed by atoms with Crippen molar-refractivity contribution in [2.75, 3.05) is 5.73 Å². The summed E-state index contributed by atoms with van der Waals surface area (Å²) in [6.07, 6.45) is 12.1. The number of carbonyl (C=O) groups is 1. The molecule has 0 aliphatic heterocycles. The molecule has 1 amide bonds. The van der Waals surface area contributed by atoms with Gasteiger partial charge in [0.15, 0.2) is 0 Å². The van der Waals surface area contributed by atoms with Crippen LogP contribution in [-0.4, -0.2) is 27.9 Å². The molecule has 0 bridgehead atoms. The minimum absolute atomic E-state index is 0.158. The van der Waals surface area contributed by atoms with E-state index in [1.807, 2.05) is 12.1 Å². The first-order chi connectivity index (χ1) is 13.6. The highest BCUT2D eigenvalue weighted by molar-refractivity contribution is 7.21. The number of thiophene rings is 1. The van der Waals surface area contributed by atoms with E-state index in [1.54, 1.807) is 0 Å². The van der Waals surface area contributed by atoms with Crippen LogP contribution in [0.15, 0.2) is 12.1 Å². The summed E-state index contributed by atoms with van der Waals surface area (Å²) in [6, 6.07) is 4.86. The van der Waals surface area contributed by atoms with E-state index in [0.29, 0.717) is 28.6 Å². The molecule has 5 heteroatoms. The molecular weight excluding hydrogens is 366 g/mol. The van der Waals surface area contributed by atoms with Crippen LogP contribution < -0.4 is 5.73 Å². The lowest BCUT2D eigenvalue weighted by Gasteiger charge is -2.41. The Hall–Kier alpha value is -1.62. The highest BCUT2D eigenvalue weighted by atomic mass is 32.1. The van der Waals surface area contributed by atoms with Gasteiger partial charge in [0, 0.05) is 23.2 Å². The number of aromatic nitrogens is 1. The second kappa shape index (κ2) is 8.40. The number of hydrogen-bond donors (Lipinski definition) is 1. The van der Waals surface area contributed by atoms with Gasteiger partial charge in [0.2, 0.25) is 0 Å². The van der Waals surface area contributed by atoms with Crippen molar-refractivity contribution in [1.29, 1.82) is 0 Å². The van der Waals surface area contributed by atoms with Crippen LogP contribution in [0.5, 0.6) is 0 Å². The highest BCUT2D eigenvalue weighted by Crippen LogP contribution is 2.38. The largest absolute Gasteiger partial charge is 0.397 e. The second-order valence-corrected chi connectivity index (χ2v) is 9.88. The molecule has 2 aliphatic carbocycles. The Balaban J connectivity index is 1.70. The summed E-state index contributed by atoms with van der Waals surface area (Å²) in [5.74, 6) is 0.526. The van der Waals surface area contributed by atoms with Crippen molar-refractivity contribution >= 4 is 33.1 Å². The SMILES string of the molecule is CC(C)c1ccc2c(N)c(C(=O)N(C3CCCCC3)C3CCCCC3)sc2n1. The molecule has 2 N–H and O–H groups in total. The first-order valence-corrected chi connectivity index (χ1v) is 11.9. The first kappa shape index (κ1) is 19.7. The van der Waals surface area contributed by atoms with Gasteiger partial charge >= 0.3 is 0 Å². The van der Waals surface area contributed by atoms with Crippen molar-refractivity contribution in [2.45, 2.75) is 96.1 Å². The summed E-state index contributed by atoms with van der Waals surface area (Å²) in [6.45, 7) is 4.29. The number of carbonyl (C=O) groups excluding carboxylic acids is 1. The summed E-state index contributed by atoms with van der Waals surface area (Å²) >= 11 is 1.49. The molecule has 2 aromatic heterocycles. The zero-order chi connectivity index (χ0) is 19.7. The Bertz CT molecular complexity index is 814. The van der Waals surface area contributed by atoms with Crippen molar-refractivity contribution in [1.82, 2.24) is 9.88 Å². The Morgan fingerprint density at radius 1 is 1.04 bits per heavy atom. The lowest BCUT2D eigenvalue weighted by atomic mass is 9.88. The van der Waals surface area contributed by atoms with E-state index in [4.69, 9.17) is 10.7 Å². The van der Waals surface area contributed by atoms with Crippen LogP contribution in [-0.2, 0) is 0 Å². The molecule has 0 saturated heterocycles. The number of nitrogens with two attached hydrogens (primary N) is 1. The normalized spacial score (nSPS) is 19.4. The quantitative estimate of drug-likeness (QED) is 0.675. The third-order valence-electron chi connectivity index (χ3n) is 6.57. The maximum atomic E-state index is 13.8. The number of nitrogens with zero attached hydrogens (tertiary/aromatic N) is 2. The monoisotopic (exact) mass is 399 g/mol. The number of fused-ring (bicyclic) bond motifs is 1. The van der Waals surface area contributed by atoms with Crippen LogP contribution >= 0.6 is 11.3 Å². The van der Waals surface area contributed by atoms with E-state index in [2.05, 4.69) is 18.7 Å². The molecule has 28 heavy (non-hydrogen) atoms. The molecule has 0 atom stereocenters. The fourth-order valence-electron chi connectivity index (χ4n) is 4.96. The average molecular weight is 400 g/mol. The fraction of sp³-hybridized carbons (Fsp3) is 0.652. The lowest BCUT2D eigenvalue weighted by Crippen LogP contribution is -2.48. The molecule has 0 radical (unpaired) electrons. The van der Waals surface area contributed by atoms with Crippen LogP contribution in [0.1, 0.15) is 99.3 Å². The van der Waals surface area contributed by atoms with Crippen LogP contribution in [0.2, 0.25) is 0 Å². The van der Waals surface area contributed by atoms with E-state index in [1.165, 1.54) is 49.9 Å². The molecule has 2 fully saturated rings. The summed E-state index contributed by atoms with van der Waals surface area (Å²) in [5.41, 5.74) is 8.17. The third-order valence-corrected chi connectivity index (χ3v) is 7.68. The standard InChI is InChI=1S/C23H33N3OS/c1-15(2)19-14-13-18-20(24)21(28-22(18)25-19)23(27)26(16-9-5-3-6-10-16)17-11-7-4-8-12-17/h13-17H,3-12,24H2,1-2H3. The van der Waals surface area contributed by atoms with E-state index in [-0.39, 0.29) is 5.91 Å². The summed E-state index contributed by atoms with van der Waals surface area (Å²) in [5, 5.41) is 0.935. The topological polar surface area (TPSA) is 59.2 Å². The second-order valence-electron chi connectivity index (χ2n) is 8.88. The number of hydrogen-bond acceptors (Lipinski definition) is 4. The van der Waals surface area contributed by atoms with Gasteiger partial charge in [-0.25, -0.2) is 4.98 Å². The molecule has 2 aromatic rings. The number of amides is 1. The molecule has 4 nitrogen and oxygen atoms in total. The molecule has 0 aromatic carbocycles. The summed E-state index contributed by atoms with van der Waals surface area (Å²) < 4.78 is 0. The van der Waals surface area contributed by atoms with E-state index in [0.717, 1.165) is 41.6 Å². The van der Waals surface area contributed by atoms with Gasteiger partial charge in [-0.1, -0.05) is 52.4 Å². The Labute approximate surface area is 172 Å². The molecular formula is C23H33N3OS. The van der Waals surface area contributed by atoms with Crippen molar-refractivity contribution < 1.29 is 4.79 Å². The highest BCUT2D eigenvalue weighted by Gasteiger charge is 2.35. The minimum Gasteiger partial charge on any atom is -0.397 e. The van der Waals surface area contributed by atoms with Crippen LogP contribution in [0, 0.1) is 0 Å². The van der Waals surface area contributed by atoms with Gasteiger partial charge in [-0.3, -0.25) is 4.79 Å². The maximum Gasteiger partial charge on any atom is 0.266 e. The predicted octanol–water partition coefficient (Wildman–Crippen LogP) is 6.11. The Kier molecular flexibility index (Phi) is 5.91. The van der Waals surface area contributed by atoms with Gasteiger partial charge in [-0.2, -0.15) is 0 Å². The zero-order valence-electron chi connectivity index (χ0n) is 17.2. The smallest absolute Gasteiger partial charge is 0.266 e. The van der Waals surface area contributed by atoms with Gasteiger partial charge in [0.1, 0.15) is 9.71 Å². The molecule has 0 spiro atoms. The summed E-state index contributed by atoms with van der Waals surface area (Å²) in [4.78, 5) is 22.4. The van der Waals surface area contributed by atoms with Gasteiger partial charge < -0.3 is 10.6 Å². The Morgan fingerprint density at radius 3 is 2.14 bits per heavy atom.